The van der Waals surface area contributed by atoms with Gasteiger partial charge in [-0.25, -0.2) is 4.39 Å². The Morgan fingerprint density at radius 3 is 2.29 bits per heavy atom. The molecule has 0 aromatic heterocycles. The fourth-order valence-corrected chi connectivity index (χ4v) is 2.49. The first-order chi connectivity index (χ1) is 9.97. The molecule has 0 spiro atoms. The third-order valence-corrected chi connectivity index (χ3v) is 3.50. The molecule has 0 aliphatic rings. The maximum absolute atomic E-state index is 13.3. The topological polar surface area (TPSA) is 43.1 Å². The van der Waals surface area contributed by atoms with Crippen LogP contribution in [0.15, 0.2) is 48.5 Å². The van der Waals surface area contributed by atoms with E-state index < -0.39 is 0 Å². The smallest absolute Gasteiger partial charge is 0.224 e. The molecular weight excluding hydrogens is 265 g/mol. The van der Waals surface area contributed by atoms with Crippen molar-refractivity contribution in [2.24, 2.45) is 11.7 Å². The molecule has 2 N–H and O–H groups in total. The SMILES string of the molecule is CC(C)CC(C(N)=O)c1cccc(-c2cccc(F)c2)c1. The Morgan fingerprint density at radius 1 is 1.10 bits per heavy atom. The van der Waals surface area contributed by atoms with E-state index in [1.54, 1.807) is 6.07 Å². The molecule has 110 valence electrons. The van der Waals surface area contributed by atoms with Crippen LogP contribution in [0.2, 0.25) is 0 Å². The number of nitrogens with two attached hydrogens (primary N) is 1. The summed E-state index contributed by atoms with van der Waals surface area (Å²) in [6.45, 7) is 4.12. The summed E-state index contributed by atoms with van der Waals surface area (Å²) >= 11 is 0. The molecular formula is C18H20FNO. The Labute approximate surface area is 124 Å². The molecule has 2 nitrogen and oxygen atoms in total. The molecule has 21 heavy (non-hydrogen) atoms. The van der Waals surface area contributed by atoms with Gasteiger partial charge in [-0.3, -0.25) is 4.79 Å². The Balaban J connectivity index is 2.38. The van der Waals surface area contributed by atoms with Crippen molar-refractivity contribution in [2.75, 3.05) is 0 Å². The zero-order valence-electron chi connectivity index (χ0n) is 12.3. The van der Waals surface area contributed by atoms with Crippen molar-refractivity contribution in [3.63, 3.8) is 0 Å². The van der Waals surface area contributed by atoms with E-state index in [0.717, 1.165) is 16.7 Å². The van der Waals surface area contributed by atoms with Crippen LogP contribution in [0.1, 0.15) is 31.7 Å². The first kappa shape index (κ1) is 15.2. The fraction of sp³-hybridized carbons (Fsp3) is 0.278. The van der Waals surface area contributed by atoms with Gasteiger partial charge in [0, 0.05) is 0 Å². The zero-order valence-corrected chi connectivity index (χ0v) is 12.3. The number of rotatable bonds is 5. The Bertz CT molecular complexity index is 637. The quantitative estimate of drug-likeness (QED) is 0.882. The molecule has 3 heteroatoms. The second-order valence-corrected chi connectivity index (χ2v) is 5.72. The molecule has 0 aliphatic heterocycles. The standard InChI is InChI=1S/C18H20FNO/c1-12(2)9-17(18(20)21)15-7-3-5-13(10-15)14-6-4-8-16(19)11-14/h3-8,10-12,17H,9H2,1-2H3,(H2,20,21). The minimum Gasteiger partial charge on any atom is -0.369 e. The molecule has 1 atom stereocenters. The zero-order chi connectivity index (χ0) is 15.4. The molecule has 1 amide bonds. The monoisotopic (exact) mass is 285 g/mol. The molecule has 0 fully saturated rings. The summed E-state index contributed by atoms with van der Waals surface area (Å²) in [6.07, 6.45) is 0.710. The summed E-state index contributed by atoms with van der Waals surface area (Å²) in [6, 6.07) is 14.0. The van der Waals surface area contributed by atoms with Gasteiger partial charge >= 0.3 is 0 Å². The summed E-state index contributed by atoms with van der Waals surface area (Å²) in [4.78, 5) is 11.7. The van der Waals surface area contributed by atoms with E-state index in [9.17, 15) is 9.18 Å². The van der Waals surface area contributed by atoms with Gasteiger partial charge in [0.1, 0.15) is 5.82 Å². The highest BCUT2D eigenvalue weighted by Crippen LogP contribution is 2.28. The predicted octanol–water partition coefficient (Wildman–Crippen LogP) is 4.11. The van der Waals surface area contributed by atoms with Crippen LogP contribution in [-0.2, 0) is 4.79 Å². The lowest BCUT2D eigenvalue weighted by molar-refractivity contribution is -0.119. The van der Waals surface area contributed by atoms with Gasteiger partial charge in [-0.15, -0.1) is 0 Å². The van der Waals surface area contributed by atoms with Crippen LogP contribution in [0.4, 0.5) is 4.39 Å². The molecule has 2 aromatic rings. The summed E-state index contributed by atoms with van der Waals surface area (Å²) in [7, 11) is 0. The van der Waals surface area contributed by atoms with Crippen LogP contribution >= 0.6 is 0 Å². The van der Waals surface area contributed by atoms with E-state index in [-0.39, 0.29) is 17.6 Å². The van der Waals surface area contributed by atoms with E-state index >= 15 is 0 Å². The molecule has 2 rings (SSSR count). The van der Waals surface area contributed by atoms with Crippen molar-refractivity contribution in [1.29, 1.82) is 0 Å². The molecule has 0 heterocycles. The average molecular weight is 285 g/mol. The number of amides is 1. The number of carbonyl (C=O) groups excluding carboxylic acids is 1. The van der Waals surface area contributed by atoms with E-state index in [1.165, 1.54) is 12.1 Å². The second-order valence-electron chi connectivity index (χ2n) is 5.72. The van der Waals surface area contributed by atoms with Crippen molar-refractivity contribution >= 4 is 5.91 Å². The molecule has 0 saturated carbocycles. The van der Waals surface area contributed by atoms with Crippen LogP contribution in [0.3, 0.4) is 0 Å². The number of halogens is 1. The summed E-state index contributed by atoms with van der Waals surface area (Å²) < 4.78 is 13.3. The Hall–Kier alpha value is -2.16. The van der Waals surface area contributed by atoms with Gasteiger partial charge in [0.15, 0.2) is 0 Å². The highest BCUT2D eigenvalue weighted by molar-refractivity contribution is 5.82. The Morgan fingerprint density at radius 2 is 1.71 bits per heavy atom. The summed E-state index contributed by atoms with van der Waals surface area (Å²) in [5.74, 6) is -0.523. The molecule has 0 saturated heterocycles. The van der Waals surface area contributed by atoms with Crippen molar-refractivity contribution < 1.29 is 9.18 Å². The summed E-state index contributed by atoms with van der Waals surface area (Å²) in [5.41, 5.74) is 8.10. The summed E-state index contributed by atoms with van der Waals surface area (Å²) in [5, 5.41) is 0. The van der Waals surface area contributed by atoms with Crippen LogP contribution < -0.4 is 5.73 Å². The average Bonchev–Trinajstić information content (AvgIpc) is 2.44. The lowest BCUT2D eigenvalue weighted by Gasteiger charge is -2.17. The number of benzene rings is 2. The largest absolute Gasteiger partial charge is 0.369 e. The lowest BCUT2D eigenvalue weighted by atomic mass is 9.88. The minimum absolute atomic E-state index is 0.272. The maximum Gasteiger partial charge on any atom is 0.224 e. The maximum atomic E-state index is 13.3. The molecule has 0 bridgehead atoms. The van der Waals surface area contributed by atoms with E-state index in [2.05, 4.69) is 13.8 Å². The normalized spacial score (nSPS) is 12.4. The van der Waals surface area contributed by atoms with Crippen LogP contribution in [0, 0.1) is 11.7 Å². The molecule has 0 aliphatic carbocycles. The fourth-order valence-electron chi connectivity index (χ4n) is 2.49. The first-order valence-corrected chi connectivity index (χ1v) is 7.12. The minimum atomic E-state index is -0.319. The highest BCUT2D eigenvalue weighted by atomic mass is 19.1. The van der Waals surface area contributed by atoms with Gasteiger partial charge < -0.3 is 5.73 Å². The molecule has 1 unspecified atom stereocenters. The second kappa shape index (κ2) is 6.53. The van der Waals surface area contributed by atoms with Gasteiger partial charge in [0.25, 0.3) is 0 Å². The number of carbonyl (C=O) groups is 1. The number of hydrogen-bond donors (Lipinski definition) is 1. The number of primary amides is 1. The van der Waals surface area contributed by atoms with Gasteiger partial charge in [0.2, 0.25) is 5.91 Å². The van der Waals surface area contributed by atoms with Crippen molar-refractivity contribution in [3.05, 3.63) is 59.9 Å². The van der Waals surface area contributed by atoms with Gasteiger partial charge in [-0.2, -0.15) is 0 Å². The van der Waals surface area contributed by atoms with E-state index in [0.29, 0.717) is 12.3 Å². The van der Waals surface area contributed by atoms with Crippen LogP contribution in [0.5, 0.6) is 0 Å². The first-order valence-electron chi connectivity index (χ1n) is 7.12. The van der Waals surface area contributed by atoms with Crippen molar-refractivity contribution in [3.8, 4) is 11.1 Å². The lowest BCUT2D eigenvalue weighted by Crippen LogP contribution is -2.22. The van der Waals surface area contributed by atoms with Gasteiger partial charge in [-0.1, -0.05) is 50.2 Å². The van der Waals surface area contributed by atoms with Crippen LogP contribution in [-0.4, -0.2) is 5.91 Å². The van der Waals surface area contributed by atoms with Crippen molar-refractivity contribution in [2.45, 2.75) is 26.2 Å². The highest BCUT2D eigenvalue weighted by Gasteiger charge is 2.19. The van der Waals surface area contributed by atoms with E-state index in [1.807, 2.05) is 30.3 Å². The third kappa shape index (κ3) is 3.91. The predicted molar refractivity (Wildman–Crippen MR) is 83.2 cm³/mol. The Kier molecular flexibility index (Phi) is 4.73. The molecule has 2 aromatic carbocycles. The van der Waals surface area contributed by atoms with Crippen LogP contribution in [0.25, 0.3) is 11.1 Å². The van der Waals surface area contributed by atoms with Gasteiger partial charge in [0.05, 0.1) is 5.92 Å². The molecule has 0 radical (unpaired) electrons. The third-order valence-electron chi connectivity index (χ3n) is 3.50. The number of hydrogen-bond acceptors (Lipinski definition) is 1. The van der Waals surface area contributed by atoms with Crippen molar-refractivity contribution in [1.82, 2.24) is 0 Å². The van der Waals surface area contributed by atoms with E-state index in [4.69, 9.17) is 5.73 Å². The van der Waals surface area contributed by atoms with Gasteiger partial charge in [-0.05, 0) is 41.2 Å².